The van der Waals surface area contributed by atoms with Gasteiger partial charge in [-0.25, -0.2) is 0 Å². The molecular formula is C16H24O2. The molecule has 1 N–H and O–H groups in total. The summed E-state index contributed by atoms with van der Waals surface area (Å²) in [5.74, 6) is -0.452. The molecule has 0 bridgehead atoms. The molecule has 0 aromatic carbocycles. The first-order valence-corrected chi connectivity index (χ1v) is 7.01. The zero-order valence-corrected chi connectivity index (χ0v) is 11.5. The van der Waals surface area contributed by atoms with Crippen LogP contribution in [0.15, 0.2) is 24.3 Å². The van der Waals surface area contributed by atoms with Crippen LogP contribution in [-0.2, 0) is 4.79 Å². The minimum Gasteiger partial charge on any atom is -0.481 e. The number of carboxylic acid groups (broad SMARTS) is 1. The maximum atomic E-state index is 11.6. The third kappa shape index (κ3) is 2.52. The molecule has 0 radical (unpaired) electrons. The van der Waals surface area contributed by atoms with Crippen LogP contribution in [0.2, 0.25) is 0 Å². The lowest BCUT2D eigenvalue weighted by molar-refractivity contribution is -0.151. The molecule has 0 aliphatic heterocycles. The largest absolute Gasteiger partial charge is 0.481 e. The molecule has 0 saturated carbocycles. The van der Waals surface area contributed by atoms with Crippen molar-refractivity contribution >= 4 is 5.97 Å². The van der Waals surface area contributed by atoms with Gasteiger partial charge in [0, 0.05) is 0 Å². The summed E-state index contributed by atoms with van der Waals surface area (Å²) in [6.07, 6.45) is 14.9. The van der Waals surface area contributed by atoms with Gasteiger partial charge >= 0.3 is 5.97 Å². The van der Waals surface area contributed by atoms with Gasteiger partial charge in [-0.3, -0.25) is 4.79 Å². The molecule has 2 nitrogen and oxygen atoms in total. The molecule has 2 heteroatoms. The van der Waals surface area contributed by atoms with E-state index in [9.17, 15) is 9.90 Å². The summed E-state index contributed by atoms with van der Waals surface area (Å²) in [7, 11) is 0. The van der Waals surface area contributed by atoms with E-state index >= 15 is 0 Å². The Morgan fingerprint density at radius 3 is 2.56 bits per heavy atom. The summed E-state index contributed by atoms with van der Waals surface area (Å²) in [5.41, 5.74) is -0.295. The second kappa shape index (κ2) is 4.91. The van der Waals surface area contributed by atoms with Crippen LogP contribution in [0.1, 0.15) is 52.4 Å². The van der Waals surface area contributed by atoms with Gasteiger partial charge in [-0.05, 0) is 56.8 Å². The minimum atomic E-state index is -0.633. The van der Waals surface area contributed by atoms with Crippen molar-refractivity contribution in [3.05, 3.63) is 24.3 Å². The van der Waals surface area contributed by atoms with Crippen LogP contribution in [0.3, 0.4) is 0 Å². The van der Waals surface area contributed by atoms with E-state index in [4.69, 9.17) is 0 Å². The van der Waals surface area contributed by atoms with E-state index in [1.54, 1.807) is 0 Å². The van der Waals surface area contributed by atoms with E-state index in [0.717, 1.165) is 32.1 Å². The van der Waals surface area contributed by atoms with Crippen molar-refractivity contribution in [3.8, 4) is 0 Å². The zero-order chi connectivity index (χ0) is 13.2. The van der Waals surface area contributed by atoms with Gasteiger partial charge in [-0.1, -0.05) is 31.2 Å². The van der Waals surface area contributed by atoms with Gasteiger partial charge in [0.25, 0.3) is 0 Å². The Labute approximate surface area is 110 Å². The van der Waals surface area contributed by atoms with Gasteiger partial charge in [-0.15, -0.1) is 0 Å². The summed E-state index contributed by atoms with van der Waals surface area (Å²) in [5, 5.41) is 9.53. The zero-order valence-electron chi connectivity index (χ0n) is 11.5. The van der Waals surface area contributed by atoms with Crippen LogP contribution in [0.25, 0.3) is 0 Å². The molecule has 0 heterocycles. The van der Waals surface area contributed by atoms with Crippen molar-refractivity contribution in [3.63, 3.8) is 0 Å². The van der Waals surface area contributed by atoms with Crippen molar-refractivity contribution < 1.29 is 9.90 Å². The maximum Gasteiger partial charge on any atom is 0.309 e. The number of allylic oxidation sites excluding steroid dienone is 4. The molecule has 0 aromatic heterocycles. The Hall–Kier alpha value is -1.05. The molecule has 0 saturated heterocycles. The predicted octanol–water partition coefficient (Wildman–Crippen LogP) is 4.18. The Morgan fingerprint density at radius 1 is 1.22 bits per heavy atom. The van der Waals surface area contributed by atoms with E-state index in [1.165, 1.54) is 6.42 Å². The van der Waals surface area contributed by atoms with Crippen molar-refractivity contribution in [1.29, 1.82) is 0 Å². The molecule has 0 amide bonds. The predicted molar refractivity (Wildman–Crippen MR) is 73.3 cm³/mol. The molecule has 0 fully saturated rings. The SMILES string of the molecule is CC1(CC2C=CCCC2(C)C(=O)O)CC=CCC1. The number of hydrogen-bond donors (Lipinski definition) is 1. The molecule has 2 aliphatic carbocycles. The maximum absolute atomic E-state index is 11.6. The smallest absolute Gasteiger partial charge is 0.309 e. The normalized spacial score (nSPS) is 39.8. The average molecular weight is 248 g/mol. The Balaban J connectivity index is 2.15. The quantitative estimate of drug-likeness (QED) is 0.761. The first-order chi connectivity index (χ1) is 8.46. The monoisotopic (exact) mass is 248 g/mol. The Morgan fingerprint density at radius 2 is 1.94 bits per heavy atom. The van der Waals surface area contributed by atoms with Gasteiger partial charge in [0.05, 0.1) is 5.41 Å². The second-order valence-corrected chi connectivity index (χ2v) is 6.52. The van der Waals surface area contributed by atoms with Crippen molar-refractivity contribution in [1.82, 2.24) is 0 Å². The van der Waals surface area contributed by atoms with Gasteiger partial charge in [-0.2, -0.15) is 0 Å². The molecule has 100 valence electrons. The molecule has 0 spiro atoms. The minimum absolute atomic E-state index is 0.181. The topological polar surface area (TPSA) is 37.3 Å². The highest BCUT2D eigenvalue weighted by atomic mass is 16.4. The van der Waals surface area contributed by atoms with E-state index in [0.29, 0.717) is 0 Å². The molecule has 3 unspecified atom stereocenters. The highest BCUT2D eigenvalue weighted by molar-refractivity contribution is 5.75. The summed E-state index contributed by atoms with van der Waals surface area (Å²) in [6, 6.07) is 0. The summed E-state index contributed by atoms with van der Waals surface area (Å²) < 4.78 is 0. The molecule has 2 aliphatic rings. The number of rotatable bonds is 3. The average Bonchev–Trinajstić information content (AvgIpc) is 2.33. The Kier molecular flexibility index (Phi) is 3.65. The summed E-state index contributed by atoms with van der Waals surface area (Å²) in [4.78, 5) is 11.6. The van der Waals surface area contributed by atoms with Gasteiger partial charge in [0.2, 0.25) is 0 Å². The van der Waals surface area contributed by atoms with Crippen LogP contribution in [0.5, 0.6) is 0 Å². The lowest BCUT2D eigenvalue weighted by Gasteiger charge is -2.41. The Bertz CT molecular complexity index is 383. The van der Waals surface area contributed by atoms with E-state index in [2.05, 4.69) is 31.2 Å². The fourth-order valence-corrected chi connectivity index (χ4v) is 3.34. The summed E-state index contributed by atoms with van der Waals surface area (Å²) in [6.45, 7) is 4.23. The van der Waals surface area contributed by atoms with Crippen molar-refractivity contribution in [2.24, 2.45) is 16.7 Å². The van der Waals surface area contributed by atoms with Crippen molar-refractivity contribution in [2.45, 2.75) is 52.4 Å². The molecular weight excluding hydrogens is 224 g/mol. The highest BCUT2D eigenvalue weighted by Gasteiger charge is 2.43. The lowest BCUT2D eigenvalue weighted by Crippen LogP contribution is -2.39. The fraction of sp³-hybridized carbons (Fsp3) is 0.688. The first-order valence-electron chi connectivity index (χ1n) is 7.01. The van der Waals surface area contributed by atoms with Crippen LogP contribution in [-0.4, -0.2) is 11.1 Å². The number of aliphatic carboxylic acids is 1. The molecule has 0 aromatic rings. The van der Waals surface area contributed by atoms with Crippen LogP contribution < -0.4 is 0 Å². The van der Waals surface area contributed by atoms with Crippen molar-refractivity contribution in [2.75, 3.05) is 0 Å². The van der Waals surface area contributed by atoms with E-state index < -0.39 is 11.4 Å². The third-order valence-electron chi connectivity index (χ3n) is 4.91. The summed E-state index contributed by atoms with van der Waals surface area (Å²) >= 11 is 0. The highest BCUT2D eigenvalue weighted by Crippen LogP contribution is 2.47. The lowest BCUT2D eigenvalue weighted by atomic mass is 9.62. The van der Waals surface area contributed by atoms with Gasteiger partial charge in [0.1, 0.15) is 0 Å². The first kappa shape index (κ1) is 13.4. The molecule has 2 rings (SSSR count). The number of hydrogen-bond acceptors (Lipinski definition) is 1. The standard InChI is InChI=1S/C16H24O2/c1-15(9-5-3-6-10-15)12-13-8-4-7-11-16(13,2)14(17)18/h3-5,8,13H,6-7,9-12H2,1-2H3,(H,17,18). The molecule has 18 heavy (non-hydrogen) atoms. The van der Waals surface area contributed by atoms with Gasteiger partial charge < -0.3 is 5.11 Å². The van der Waals surface area contributed by atoms with E-state index in [1.807, 2.05) is 6.92 Å². The number of carboxylic acids is 1. The van der Waals surface area contributed by atoms with Crippen LogP contribution >= 0.6 is 0 Å². The third-order valence-corrected chi connectivity index (χ3v) is 4.91. The fourth-order valence-electron chi connectivity index (χ4n) is 3.34. The second-order valence-electron chi connectivity index (χ2n) is 6.52. The molecule has 3 atom stereocenters. The number of carbonyl (C=O) groups is 1. The van der Waals surface area contributed by atoms with E-state index in [-0.39, 0.29) is 11.3 Å². The van der Waals surface area contributed by atoms with Crippen LogP contribution in [0.4, 0.5) is 0 Å². The van der Waals surface area contributed by atoms with Gasteiger partial charge in [0.15, 0.2) is 0 Å². The van der Waals surface area contributed by atoms with Crippen LogP contribution in [0, 0.1) is 16.7 Å².